The molecule has 2 heterocycles. The summed E-state index contributed by atoms with van der Waals surface area (Å²) in [6.07, 6.45) is -13.6. The Labute approximate surface area is 300 Å². The van der Waals surface area contributed by atoms with E-state index in [4.69, 9.17) is 0 Å². The number of nitrogens with zero attached hydrogens (tertiary/aromatic N) is 2. The molecule has 2 aliphatic heterocycles. The zero-order valence-corrected chi connectivity index (χ0v) is 31.6. The van der Waals surface area contributed by atoms with Gasteiger partial charge in [0.2, 0.25) is 0 Å². The Balaban J connectivity index is 1.69. The number of aliphatic hydroxyl groups excluding tert-OH is 2. The minimum absolute atomic E-state index is 0.0524. The first-order valence-corrected chi connectivity index (χ1v) is 17.5. The molecule has 0 spiro atoms. The number of hydrogen-bond acceptors (Lipinski definition) is 6. The number of fused-ring (bicyclic) bond motifs is 2. The molecule has 0 unspecified atom stereocenters. The lowest BCUT2D eigenvalue weighted by atomic mass is 9.61. The number of amides is 2. The molecular formula is C38H50F6N4O4. The number of halogens is 6. The maximum Gasteiger partial charge on any atom is 0.471 e. The number of alkyl halides is 6. The summed E-state index contributed by atoms with van der Waals surface area (Å²) in [6.45, 7) is 23.7. The van der Waals surface area contributed by atoms with Crippen LogP contribution < -0.4 is 20.4 Å². The normalized spacial score (nSPS) is 25.6. The monoisotopic (exact) mass is 740 g/mol. The largest absolute Gasteiger partial charge is 0.471 e. The first kappa shape index (κ1) is 39.7. The van der Waals surface area contributed by atoms with Crippen LogP contribution in [0, 0.1) is 0 Å². The molecule has 5 rings (SSSR count). The maximum atomic E-state index is 13.6. The zero-order valence-electron chi connectivity index (χ0n) is 31.6. The highest BCUT2D eigenvalue weighted by Gasteiger charge is 2.58. The summed E-state index contributed by atoms with van der Waals surface area (Å²) in [7, 11) is 0. The number of anilines is 4. The van der Waals surface area contributed by atoms with Crippen molar-refractivity contribution >= 4 is 34.6 Å². The van der Waals surface area contributed by atoms with E-state index >= 15 is 0 Å². The van der Waals surface area contributed by atoms with Crippen molar-refractivity contribution in [2.24, 2.45) is 0 Å². The Bertz CT molecular complexity index is 1660. The lowest BCUT2D eigenvalue weighted by Crippen LogP contribution is -2.53. The highest BCUT2D eigenvalue weighted by Crippen LogP contribution is 2.60. The smallest absolute Gasteiger partial charge is 0.392 e. The lowest BCUT2D eigenvalue weighted by Gasteiger charge is -2.48. The molecule has 2 amide bonds. The molecule has 288 valence electrons. The molecule has 8 nitrogen and oxygen atoms in total. The van der Waals surface area contributed by atoms with Gasteiger partial charge in [0.15, 0.2) is 0 Å². The number of aliphatic hydroxyl groups is 2. The van der Waals surface area contributed by atoms with Gasteiger partial charge in [0.25, 0.3) is 0 Å². The Morgan fingerprint density at radius 2 is 0.904 bits per heavy atom. The molecule has 0 bridgehead atoms. The van der Waals surface area contributed by atoms with Gasteiger partial charge in [-0.2, -0.15) is 26.3 Å². The third-order valence-corrected chi connectivity index (χ3v) is 12.7. The van der Waals surface area contributed by atoms with Gasteiger partial charge in [0.1, 0.15) is 0 Å². The van der Waals surface area contributed by atoms with Crippen LogP contribution in [0.1, 0.15) is 117 Å². The number of rotatable bonds is 6. The summed E-state index contributed by atoms with van der Waals surface area (Å²) in [5.74, 6) is -6.98. The van der Waals surface area contributed by atoms with Crippen LogP contribution in [-0.4, -0.2) is 69.7 Å². The van der Waals surface area contributed by atoms with Crippen molar-refractivity contribution in [2.75, 3.05) is 20.4 Å². The zero-order chi connectivity index (χ0) is 39.6. The third-order valence-electron chi connectivity index (χ3n) is 12.7. The highest BCUT2D eigenvalue weighted by atomic mass is 19.4. The van der Waals surface area contributed by atoms with E-state index in [1.165, 1.54) is 12.1 Å². The van der Waals surface area contributed by atoms with Crippen LogP contribution in [-0.2, 0) is 20.4 Å². The number of nitrogens with one attached hydrogen (secondary N) is 2. The van der Waals surface area contributed by atoms with Crippen LogP contribution in [0.2, 0.25) is 0 Å². The highest BCUT2D eigenvalue weighted by molar-refractivity contribution is 5.98. The van der Waals surface area contributed by atoms with Crippen LogP contribution in [0.5, 0.6) is 0 Å². The van der Waals surface area contributed by atoms with Gasteiger partial charge in [-0.3, -0.25) is 9.59 Å². The van der Waals surface area contributed by atoms with Gasteiger partial charge in [-0.1, -0.05) is 39.8 Å². The number of carbonyl (C=O) groups excluding carboxylic acids is 2. The number of carbonyl (C=O) groups is 2. The predicted molar refractivity (Wildman–Crippen MR) is 189 cm³/mol. The fraction of sp³-hybridized carbons (Fsp3) is 0.632. The van der Waals surface area contributed by atoms with Crippen LogP contribution >= 0.6 is 0 Å². The average molecular weight is 741 g/mol. The molecule has 2 aromatic rings. The van der Waals surface area contributed by atoms with Gasteiger partial charge >= 0.3 is 24.2 Å². The molecule has 52 heavy (non-hydrogen) atoms. The first-order chi connectivity index (χ1) is 23.4. The lowest BCUT2D eigenvalue weighted by molar-refractivity contribution is -0.167. The van der Waals surface area contributed by atoms with Gasteiger partial charge < -0.3 is 30.6 Å². The van der Waals surface area contributed by atoms with E-state index in [-0.39, 0.29) is 34.6 Å². The Morgan fingerprint density at radius 3 is 1.15 bits per heavy atom. The van der Waals surface area contributed by atoms with Crippen LogP contribution in [0.15, 0.2) is 24.3 Å². The van der Waals surface area contributed by atoms with Crippen molar-refractivity contribution in [1.82, 2.24) is 0 Å². The Kier molecular flexibility index (Phi) is 9.15. The van der Waals surface area contributed by atoms with Crippen LogP contribution in [0.4, 0.5) is 49.1 Å². The number of hydrogen-bond donors (Lipinski definition) is 4. The van der Waals surface area contributed by atoms with Crippen molar-refractivity contribution in [3.63, 3.8) is 0 Å². The SMILES string of the molecule is CC(C)N1c2cc(NC(=O)C(F)(F)F)c(C3C(O)C(c4cc5c(cc4NC(=O)C(F)(F)F)N(C(C)C)C(C)(C)C5(C)C)C3O)cc2C(C)(C)C1(C)C. The molecule has 1 fully saturated rings. The van der Waals surface area contributed by atoms with Crippen molar-refractivity contribution < 1.29 is 46.1 Å². The average Bonchev–Trinajstić information content (AvgIpc) is 3.22. The second-order valence-corrected chi connectivity index (χ2v) is 17.1. The predicted octanol–water partition coefficient (Wildman–Crippen LogP) is 7.86. The summed E-state index contributed by atoms with van der Waals surface area (Å²) in [6, 6.07) is 5.91. The molecule has 0 aromatic heterocycles. The molecule has 3 aliphatic rings. The summed E-state index contributed by atoms with van der Waals surface area (Å²) < 4.78 is 81.7. The molecule has 0 radical (unpaired) electrons. The minimum atomic E-state index is -5.24. The summed E-state index contributed by atoms with van der Waals surface area (Å²) in [5, 5.41) is 27.7. The quantitative estimate of drug-likeness (QED) is 0.225. The molecular weight excluding hydrogens is 690 g/mol. The minimum Gasteiger partial charge on any atom is -0.392 e. The maximum absolute atomic E-state index is 13.6. The van der Waals surface area contributed by atoms with Crippen molar-refractivity contribution in [2.45, 2.75) is 153 Å². The van der Waals surface area contributed by atoms with Gasteiger partial charge in [0.05, 0.1) is 12.2 Å². The summed E-state index contributed by atoms with van der Waals surface area (Å²) >= 11 is 0. The van der Waals surface area contributed by atoms with Gasteiger partial charge in [-0.05, 0) is 89.8 Å². The fourth-order valence-corrected chi connectivity index (χ4v) is 8.92. The van der Waals surface area contributed by atoms with E-state index < -0.39 is 70.1 Å². The second-order valence-electron chi connectivity index (χ2n) is 17.1. The summed E-state index contributed by atoms with van der Waals surface area (Å²) in [4.78, 5) is 28.8. The Hall–Kier alpha value is -3.52. The Morgan fingerprint density at radius 1 is 0.615 bits per heavy atom. The molecule has 1 saturated carbocycles. The first-order valence-electron chi connectivity index (χ1n) is 17.5. The third kappa shape index (κ3) is 5.65. The standard InChI is InChI=1S/C38H50F6N4O4/c1-17(2)47-25-15-23(45-31(51)37(39,40)41)19(13-21(25)33(5,6)35(47,9)10)27-29(49)28(30(27)50)20-14-22-26(16-24(20)46-32(52)38(42,43)44)48(18(3)4)36(11,12)34(22,7)8/h13-18,27-30,49-50H,1-12H3,(H,45,51)(H,46,52). The van der Waals surface area contributed by atoms with Crippen LogP contribution in [0.25, 0.3) is 0 Å². The second kappa shape index (κ2) is 12.0. The fourth-order valence-electron chi connectivity index (χ4n) is 8.92. The van der Waals surface area contributed by atoms with Crippen molar-refractivity contribution in [1.29, 1.82) is 0 Å². The summed E-state index contributed by atoms with van der Waals surface area (Å²) in [5.41, 5.74) is -0.0687. The molecule has 0 saturated heterocycles. The molecule has 0 atom stereocenters. The molecule has 4 N–H and O–H groups in total. The van der Waals surface area contributed by atoms with E-state index in [9.17, 15) is 46.1 Å². The molecule has 2 aromatic carbocycles. The van der Waals surface area contributed by atoms with E-state index in [1.807, 2.05) is 93.7 Å². The van der Waals surface area contributed by atoms with Gasteiger partial charge in [-0.15, -0.1) is 0 Å². The van der Waals surface area contributed by atoms with E-state index in [1.54, 1.807) is 12.1 Å². The molecule has 1 aliphatic carbocycles. The van der Waals surface area contributed by atoms with Crippen LogP contribution in [0.3, 0.4) is 0 Å². The van der Waals surface area contributed by atoms with Crippen molar-refractivity contribution in [3.8, 4) is 0 Å². The van der Waals surface area contributed by atoms with Gasteiger partial charge in [0, 0.05) is 68.6 Å². The topological polar surface area (TPSA) is 105 Å². The van der Waals surface area contributed by atoms with E-state index in [2.05, 4.69) is 9.80 Å². The van der Waals surface area contributed by atoms with E-state index in [0.29, 0.717) is 11.4 Å². The number of benzene rings is 2. The van der Waals surface area contributed by atoms with Crippen molar-refractivity contribution in [3.05, 3.63) is 46.5 Å². The molecule has 14 heteroatoms. The van der Waals surface area contributed by atoms with E-state index in [0.717, 1.165) is 11.1 Å². The van der Waals surface area contributed by atoms with Gasteiger partial charge in [-0.25, -0.2) is 0 Å².